The zero-order valence-electron chi connectivity index (χ0n) is 17.6. The fourth-order valence-corrected chi connectivity index (χ4v) is 4.04. The van der Waals surface area contributed by atoms with Gasteiger partial charge in [0, 0.05) is 40.8 Å². The number of aromatic nitrogens is 2. The summed E-state index contributed by atoms with van der Waals surface area (Å²) >= 11 is 5.95. The van der Waals surface area contributed by atoms with Gasteiger partial charge in [0.25, 0.3) is 5.91 Å². The number of hydrogen-bond acceptors (Lipinski definition) is 5. The molecule has 4 rings (SSSR count). The van der Waals surface area contributed by atoms with Gasteiger partial charge in [-0.25, -0.2) is 9.97 Å². The largest absolute Gasteiger partial charge is 0.385 e. The molecule has 2 aromatic carbocycles. The van der Waals surface area contributed by atoms with Gasteiger partial charge >= 0.3 is 0 Å². The van der Waals surface area contributed by atoms with Gasteiger partial charge in [0.05, 0.1) is 5.60 Å². The highest BCUT2D eigenvalue weighted by Crippen LogP contribution is 2.34. The summed E-state index contributed by atoms with van der Waals surface area (Å²) in [7, 11) is 0. The summed E-state index contributed by atoms with van der Waals surface area (Å²) in [6.07, 6.45) is 0.980. The standard InChI is InChI=1S/C24H25ClN4O2/c1-16-15-17(2)27-23(26-16)28-21-9-3-18(4-10-21)22(30)29-13-11-24(31,12-14-29)19-5-7-20(25)8-6-19/h3-10,15,31H,11-14H2,1-2H3,(H,26,27,28). The molecule has 0 radical (unpaired) electrons. The first kappa shape index (κ1) is 21.3. The number of carbonyl (C=O) groups excluding carboxylic acids is 1. The van der Waals surface area contributed by atoms with Gasteiger partial charge in [0.2, 0.25) is 5.95 Å². The van der Waals surface area contributed by atoms with Crippen LogP contribution in [0, 0.1) is 13.8 Å². The molecule has 1 aliphatic rings. The monoisotopic (exact) mass is 436 g/mol. The molecule has 7 heteroatoms. The van der Waals surface area contributed by atoms with E-state index in [2.05, 4.69) is 15.3 Å². The summed E-state index contributed by atoms with van der Waals surface area (Å²) in [6, 6.07) is 16.5. The van der Waals surface area contributed by atoms with Crippen molar-refractivity contribution in [3.05, 3.63) is 82.1 Å². The highest BCUT2D eigenvalue weighted by atomic mass is 35.5. The normalized spacial score (nSPS) is 15.5. The minimum atomic E-state index is -0.929. The summed E-state index contributed by atoms with van der Waals surface area (Å²) in [5, 5.41) is 14.8. The molecule has 3 aromatic rings. The first-order chi connectivity index (χ1) is 14.8. The van der Waals surface area contributed by atoms with Crippen molar-refractivity contribution in [2.45, 2.75) is 32.3 Å². The average molecular weight is 437 g/mol. The molecule has 160 valence electrons. The van der Waals surface area contributed by atoms with Crippen molar-refractivity contribution < 1.29 is 9.90 Å². The van der Waals surface area contributed by atoms with Crippen LogP contribution in [0.15, 0.2) is 54.6 Å². The van der Waals surface area contributed by atoms with E-state index in [1.165, 1.54) is 0 Å². The number of aryl methyl sites for hydroxylation is 2. The smallest absolute Gasteiger partial charge is 0.253 e. The molecule has 0 spiro atoms. The zero-order valence-corrected chi connectivity index (χ0v) is 18.4. The molecule has 31 heavy (non-hydrogen) atoms. The van der Waals surface area contributed by atoms with Crippen LogP contribution < -0.4 is 5.32 Å². The third-order valence-corrected chi connectivity index (χ3v) is 5.88. The minimum Gasteiger partial charge on any atom is -0.385 e. The molecule has 6 nitrogen and oxygen atoms in total. The number of rotatable bonds is 4. The lowest BCUT2D eigenvalue weighted by molar-refractivity contribution is -0.0211. The third kappa shape index (κ3) is 4.86. The van der Waals surface area contributed by atoms with E-state index in [4.69, 9.17) is 11.6 Å². The highest BCUT2D eigenvalue weighted by molar-refractivity contribution is 6.30. The molecule has 0 bridgehead atoms. The number of nitrogens with zero attached hydrogens (tertiary/aromatic N) is 3. The molecule has 0 atom stereocenters. The maximum atomic E-state index is 12.9. The Morgan fingerprint density at radius 2 is 1.58 bits per heavy atom. The fraction of sp³-hybridized carbons (Fsp3) is 0.292. The Hall–Kier alpha value is -2.96. The van der Waals surface area contributed by atoms with Crippen LogP contribution in [0.3, 0.4) is 0 Å². The van der Waals surface area contributed by atoms with Gasteiger partial charge in [-0.3, -0.25) is 4.79 Å². The van der Waals surface area contributed by atoms with Gasteiger partial charge in [0.15, 0.2) is 0 Å². The van der Waals surface area contributed by atoms with Gasteiger partial charge in [-0.1, -0.05) is 23.7 Å². The van der Waals surface area contributed by atoms with Crippen LogP contribution in [0.1, 0.15) is 40.2 Å². The second-order valence-electron chi connectivity index (χ2n) is 8.01. The van der Waals surface area contributed by atoms with Gasteiger partial charge < -0.3 is 15.3 Å². The average Bonchev–Trinajstić information content (AvgIpc) is 2.74. The number of benzene rings is 2. The lowest BCUT2D eigenvalue weighted by Gasteiger charge is -2.38. The SMILES string of the molecule is Cc1cc(C)nc(Nc2ccc(C(=O)N3CCC(O)(c4ccc(Cl)cc4)CC3)cc2)n1. The minimum absolute atomic E-state index is 0.0349. The second kappa shape index (κ2) is 8.65. The van der Waals surface area contributed by atoms with Crippen LogP contribution in [0.5, 0.6) is 0 Å². The maximum Gasteiger partial charge on any atom is 0.253 e. The molecule has 0 unspecified atom stereocenters. The number of amides is 1. The first-order valence-corrected chi connectivity index (χ1v) is 10.7. The molecule has 1 saturated heterocycles. The lowest BCUT2D eigenvalue weighted by Crippen LogP contribution is -2.45. The summed E-state index contributed by atoms with van der Waals surface area (Å²) in [5.74, 6) is 0.501. The topological polar surface area (TPSA) is 78.4 Å². The Labute approximate surface area is 186 Å². The molecule has 1 amide bonds. The van der Waals surface area contributed by atoms with Crippen LogP contribution in [0.25, 0.3) is 0 Å². The number of anilines is 2. The Morgan fingerprint density at radius 3 is 2.16 bits per heavy atom. The number of carbonyl (C=O) groups is 1. The van der Waals surface area contributed by atoms with Gasteiger partial charge in [-0.2, -0.15) is 0 Å². The maximum absolute atomic E-state index is 12.9. The van der Waals surface area contributed by atoms with Gasteiger partial charge in [-0.15, -0.1) is 0 Å². The number of aliphatic hydroxyl groups is 1. The molecule has 1 aromatic heterocycles. The van der Waals surface area contributed by atoms with E-state index in [-0.39, 0.29) is 5.91 Å². The molecule has 1 aliphatic heterocycles. The summed E-state index contributed by atoms with van der Waals surface area (Å²) in [5.41, 5.74) is 3.13. The summed E-state index contributed by atoms with van der Waals surface area (Å²) < 4.78 is 0. The van der Waals surface area contributed by atoms with E-state index in [1.54, 1.807) is 29.2 Å². The molecule has 2 heterocycles. The van der Waals surface area contributed by atoms with Crippen LogP contribution in [-0.2, 0) is 5.60 Å². The van der Waals surface area contributed by atoms with Crippen LogP contribution in [0.4, 0.5) is 11.6 Å². The number of likely N-dealkylation sites (tertiary alicyclic amines) is 1. The third-order valence-electron chi connectivity index (χ3n) is 5.63. The quantitative estimate of drug-likeness (QED) is 0.624. The number of halogens is 1. The lowest BCUT2D eigenvalue weighted by atomic mass is 9.84. The molecule has 0 aliphatic carbocycles. The van der Waals surface area contributed by atoms with Crippen LogP contribution in [-0.4, -0.2) is 39.0 Å². The molecule has 0 saturated carbocycles. The second-order valence-corrected chi connectivity index (χ2v) is 8.44. The predicted molar refractivity (Wildman–Crippen MR) is 122 cm³/mol. The van der Waals surface area contributed by atoms with Gasteiger partial charge in [0.1, 0.15) is 0 Å². The van der Waals surface area contributed by atoms with Gasteiger partial charge in [-0.05, 0) is 74.7 Å². The van der Waals surface area contributed by atoms with Crippen molar-refractivity contribution in [3.63, 3.8) is 0 Å². The van der Waals surface area contributed by atoms with E-state index in [0.29, 0.717) is 42.5 Å². The summed E-state index contributed by atoms with van der Waals surface area (Å²) in [4.78, 5) is 23.5. The Kier molecular flexibility index (Phi) is 5.94. The van der Waals surface area contributed by atoms with Crippen molar-refractivity contribution in [2.24, 2.45) is 0 Å². The number of piperidine rings is 1. The Morgan fingerprint density at radius 1 is 1.00 bits per heavy atom. The Balaban J connectivity index is 1.39. The van der Waals surface area contributed by atoms with Crippen molar-refractivity contribution >= 4 is 29.1 Å². The van der Waals surface area contributed by atoms with E-state index in [9.17, 15) is 9.90 Å². The van der Waals surface area contributed by atoms with Crippen LogP contribution in [0.2, 0.25) is 5.02 Å². The van der Waals surface area contributed by atoms with Crippen molar-refractivity contribution in [2.75, 3.05) is 18.4 Å². The Bertz CT molecular complexity index is 1060. The van der Waals surface area contributed by atoms with Crippen molar-refractivity contribution in [1.82, 2.24) is 14.9 Å². The predicted octanol–water partition coefficient (Wildman–Crippen LogP) is 4.61. The van der Waals surface area contributed by atoms with Crippen LogP contribution >= 0.6 is 11.6 Å². The molecular formula is C24H25ClN4O2. The molecule has 2 N–H and O–H groups in total. The van der Waals surface area contributed by atoms with E-state index >= 15 is 0 Å². The molecular weight excluding hydrogens is 412 g/mol. The fourth-order valence-electron chi connectivity index (χ4n) is 3.92. The first-order valence-electron chi connectivity index (χ1n) is 10.3. The summed E-state index contributed by atoms with van der Waals surface area (Å²) in [6.45, 7) is 4.84. The van der Waals surface area contributed by atoms with E-state index in [1.807, 2.05) is 44.2 Å². The van der Waals surface area contributed by atoms with Crippen molar-refractivity contribution in [1.29, 1.82) is 0 Å². The van der Waals surface area contributed by atoms with E-state index in [0.717, 1.165) is 22.6 Å². The molecule has 1 fully saturated rings. The number of nitrogens with one attached hydrogen (secondary N) is 1. The van der Waals surface area contributed by atoms with Crippen molar-refractivity contribution in [3.8, 4) is 0 Å². The highest BCUT2D eigenvalue weighted by Gasteiger charge is 2.35. The zero-order chi connectivity index (χ0) is 22.0. The number of hydrogen-bond donors (Lipinski definition) is 2. The van der Waals surface area contributed by atoms with E-state index < -0.39 is 5.60 Å².